The Bertz CT molecular complexity index is 1440. The average molecular weight is 677 g/mol. The van der Waals surface area contributed by atoms with Crippen molar-refractivity contribution >= 4 is 46.2 Å². The van der Waals surface area contributed by atoms with E-state index < -0.39 is 22.8 Å². The molecule has 0 heterocycles. The van der Waals surface area contributed by atoms with E-state index in [1.54, 1.807) is 25.1 Å². The van der Waals surface area contributed by atoms with Gasteiger partial charge >= 0.3 is 71.1 Å². The van der Waals surface area contributed by atoms with Crippen LogP contribution in [0.3, 0.4) is 0 Å². The van der Waals surface area contributed by atoms with Gasteiger partial charge in [-0.15, -0.1) is 0 Å². The van der Waals surface area contributed by atoms with Gasteiger partial charge in [-0.25, -0.2) is 9.59 Å². The molecular formula is C29H30N2Na2O10S2. The van der Waals surface area contributed by atoms with Gasteiger partial charge in [0.2, 0.25) is 0 Å². The fourth-order valence-corrected chi connectivity index (χ4v) is 5.02. The summed E-state index contributed by atoms with van der Waals surface area (Å²) >= 11 is 0.502. The maximum atomic E-state index is 12.8. The molecule has 45 heavy (non-hydrogen) atoms. The predicted molar refractivity (Wildman–Crippen MR) is 156 cm³/mol. The van der Waals surface area contributed by atoms with E-state index in [4.69, 9.17) is 9.47 Å². The molecule has 0 bridgehead atoms. The molecule has 0 aliphatic rings. The molecule has 0 saturated carbocycles. The largest absolute Gasteiger partial charge is 1.00 e. The molecule has 0 spiro atoms. The van der Waals surface area contributed by atoms with E-state index >= 15 is 0 Å². The van der Waals surface area contributed by atoms with Crippen LogP contribution >= 0.6 is 22.9 Å². The van der Waals surface area contributed by atoms with Gasteiger partial charge in [0.05, 0.1) is 40.5 Å². The summed E-state index contributed by atoms with van der Waals surface area (Å²) < 4.78 is 45.5. The zero-order valence-electron chi connectivity index (χ0n) is 25.2. The van der Waals surface area contributed by atoms with E-state index in [-0.39, 0.29) is 86.0 Å². The second-order valence-electron chi connectivity index (χ2n) is 9.12. The maximum Gasteiger partial charge on any atom is 1.00 e. The van der Waals surface area contributed by atoms with Crippen LogP contribution in [-0.4, -0.2) is 32.2 Å². The van der Waals surface area contributed by atoms with E-state index in [2.05, 4.69) is 26.2 Å². The second-order valence-corrected chi connectivity index (χ2v) is 11.3. The van der Waals surface area contributed by atoms with Crippen molar-refractivity contribution in [1.29, 1.82) is 0 Å². The molecule has 0 aliphatic heterocycles. The smallest absolute Gasteiger partial charge is 0.769 e. The van der Waals surface area contributed by atoms with Crippen LogP contribution in [0.5, 0.6) is 5.75 Å². The van der Waals surface area contributed by atoms with Crippen LogP contribution in [0.15, 0.2) is 93.3 Å². The van der Waals surface area contributed by atoms with Crippen LogP contribution in [0.25, 0.3) is 0 Å². The number of ether oxygens (including phenoxy) is 2. The number of unbranched alkanes of at least 4 members (excludes halogenated alkanes) is 3. The Morgan fingerprint density at radius 1 is 0.956 bits per heavy atom. The summed E-state index contributed by atoms with van der Waals surface area (Å²) in [7, 11) is -4.19. The van der Waals surface area contributed by atoms with Crippen molar-refractivity contribution in [3.63, 3.8) is 0 Å². The van der Waals surface area contributed by atoms with Gasteiger partial charge in [-0.1, -0.05) is 48.5 Å². The molecule has 16 heteroatoms. The first kappa shape index (κ1) is 41.4. The quantitative estimate of drug-likeness (QED) is 0.0254. The standard InChI is InChI=1S/C29H32N2O10S2.2Na/c1-3-28(32)38-17-7-5-4-6-8-21-10-12-22(13-11-21)29(33)39-25-16-15-23(18-26(25)42-41-40-34)30-31-24-14-9-20(2)27(19-24)43(35,36)37;;/h3,9-16,18-19,34-37H,1,4-8,17H2,2H3;;/q;2*+1/p-2. The van der Waals surface area contributed by atoms with Crippen molar-refractivity contribution < 1.29 is 106 Å². The fraction of sp³-hybridized carbons (Fsp3) is 0.241. The van der Waals surface area contributed by atoms with E-state index in [1.165, 1.54) is 30.3 Å². The summed E-state index contributed by atoms with van der Waals surface area (Å²) in [6.45, 7) is 5.30. The number of azo groups is 1. The Morgan fingerprint density at radius 3 is 2.24 bits per heavy atom. The molecule has 0 saturated heterocycles. The molecule has 3 aromatic rings. The summed E-state index contributed by atoms with van der Waals surface area (Å²) in [5.41, 5.74) is 2.25. The minimum Gasteiger partial charge on any atom is -0.769 e. The van der Waals surface area contributed by atoms with E-state index in [0.29, 0.717) is 29.8 Å². The first-order valence-corrected chi connectivity index (χ1v) is 15.2. The number of carbonyl (C=O) groups excluding carboxylic acids is 2. The Hall–Kier alpha value is -1.60. The Balaban J connectivity index is 0.00000506. The number of carbonyl (C=O) groups is 2. The van der Waals surface area contributed by atoms with Crippen molar-refractivity contribution in [1.82, 2.24) is 0 Å². The molecule has 0 amide bonds. The number of hydrogen-bond donors (Lipinski definition) is 2. The van der Waals surface area contributed by atoms with Gasteiger partial charge < -0.3 is 28.4 Å². The van der Waals surface area contributed by atoms with Gasteiger partial charge in [0, 0.05) is 11.0 Å². The van der Waals surface area contributed by atoms with Crippen molar-refractivity contribution in [3.05, 3.63) is 90.0 Å². The summed E-state index contributed by atoms with van der Waals surface area (Å²) in [4.78, 5) is 23.8. The molecule has 0 aliphatic carbocycles. The molecule has 0 atom stereocenters. The van der Waals surface area contributed by atoms with Crippen LogP contribution < -0.4 is 69.1 Å². The van der Waals surface area contributed by atoms with Gasteiger partial charge in [-0.2, -0.15) is 14.6 Å². The molecule has 3 aromatic carbocycles. The van der Waals surface area contributed by atoms with Gasteiger partial charge in [0.1, 0.15) is 5.75 Å². The second kappa shape index (κ2) is 21.3. The summed E-state index contributed by atoms with van der Waals surface area (Å²) in [5, 5.41) is 21.9. The van der Waals surface area contributed by atoms with E-state index in [1.807, 2.05) is 12.1 Å². The zero-order chi connectivity index (χ0) is 31.2. The third-order valence-electron chi connectivity index (χ3n) is 5.98. The topological polar surface area (TPSA) is 182 Å². The third-order valence-corrected chi connectivity index (χ3v) is 7.62. The number of aryl methyl sites for hydroxylation is 2. The van der Waals surface area contributed by atoms with Crippen molar-refractivity contribution in [2.45, 2.75) is 48.8 Å². The molecule has 0 unspecified atom stereocenters. The number of benzene rings is 3. The number of esters is 2. The van der Waals surface area contributed by atoms with Gasteiger partial charge in [-0.05, 0) is 79.8 Å². The minimum atomic E-state index is -4.19. The number of nitrogens with zero attached hydrogens (tertiary/aromatic N) is 2. The van der Waals surface area contributed by atoms with Crippen LogP contribution in [0.1, 0.15) is 47.2 Å². The molecule has 2 N–H and O–H groups in total. The summed E-state index contributed by atoms with van der Waals surface area (Å²) in [5.74, 6) is -0.978. The first-order chi connectivity index (χ1) is 20.6. The number of rotatable bonds is 16. The predicted octanol–water partition coefficient (Wildman–Crippen LogP) is 0.940. The van der Waals surface area contributed by atoms with Crippen LogP contribution in [0.4, 0.5) is 11.4 Å². The summed E-state index contributed by atoms with van der Waals surface area (Å²) in [6, 6.07) is 15.7. The van der Waals surface area contributed by atoms with E-state index in [0.717, 1.165) is 43.7 Å². The monoisotopic (exact) mass is 676 g/mol. The molecular weight excluding hydrogens is 646 g/mol. The number of hydrogen-bond acceptors (Lipinski definition) is 13. The van der Waals surface area contributed by atoms with Gasteiger partial charge in [0.15, 0.2) is 0 Å². The minimum absolute atomic E-state index is 0. The molecule has 230 valence electrons. The van der Waals surface area contributed by atoms with Gasteiger partial charge in [-0.3, -0.25) is 5.04 Å². The Labute approximate surface area is 311 Å². The first-order valence-electron chi connectivity index (χ1n) is 13.0. The molecule has 3 rings (SSSR count). The molecule has 0 fully saturated rings. The normalized spacial score (nSPS) is 11.3. The van der Waals surface area contributed by atoms with Crippen LogP contribution in [0.2, 0.25) is 0 Å². The van der Waals surface area contributed by atoms with Crippen molar-refractivity contribution in [3.8, 4) is 5.75 Å². The molecule has 0 aromatic heterocycles. The average Bonchev–Trinajstić information content (AvgIpc) is 2.99. The summed E-state index contributed by atoms with van der Waals surface area (Å²) in [6.07, 6.45) is 5.60. The zero-order valence-corrected chi connectivity index (χ0v) is 30.8. The van der Waals surface area contributed by atoms with Crippen molar-refractivity contribution in [2.75, 3.05) is 6.61 Å². The Kier molecular flexibility index (Phi) is 19.6. The van der Waals surface area contributed by atoms with Crippen molar-refractivity contribution in [2.24, 2.45) is 10.2 Å². The molecule has 12 nitrogen and oxygen atoms in total. The SMILES string of the molecule is C=CC(=O)OCCCCCCc1ccc(C(=O)Oc2ccc(N=Nc3ccc(C)c(S([O-])(O)O)c3)cc2SOO[O-])cc1.[Na+].[Na+]. The third kappa shape index (κ3) is 14.4. The fourth-order valence-electron chi connectivity index (χ4n) is 3.79. The maximum absolute atomic E-state index is 12.8. The Morgan fingerprint density at radius 2 is 1.60 bits per heavy atom. The van der Waals surface area contributed by atoms with Crippen LogP contribution in [0, 0.1) is 6.92 Å². The van der Waals surface area contributed by atoms with Gasteiger partial charge in [0.25, 0.3) is 0 Å². The molecule has 0 radical (unpaired) electrons. The van der Waals surface area contributed by atoms with E-state index in [9.17, 15) is 28.5 Å². The van der Waals surface area contributed by atoms with Crippen LogP contribution in [-0.2, 0) is 25.3 Å².